The molecule has 0 saturated carbocycles. The van der Waals surface area contributed by atoms with Crippen LogP contribution in [0.3, 0.4) is 0 Å². The summed E-state index contributed by atoms with van der Waals surface area (Å²) in [5.41, 5.74) is 2.07. The second-order valence-electron chi connectivity index (χ2n) is 4.09. The molecule has 0 aliphatic heterocycles. The maximum absolute atomic E-state index is 5.86. The normalized spacial score (nSPS) is 10.6. The first-order valence-corrected chi connectivity index (χ1v) is 6.21. The summed E-state index contributed by atoms with van der Waals surface area (Å²) >= 11 is 5.86. The highest BCUT2D eigenvalue weighted by molar-refractivity contribution is 6.30. The summed E-state index contributed by atoms with van der Waals surface area (Å²) in [6, 6.07) is 7.56. The third-order valence-corrected chi connectivity index (χ3v) is 2.96. The van der Waals surface area contributed by atoms with Crippen LogP contribution in [0.25, 0.3) is 5.69 Å². The summed E-state index contributed by atoms with van der Waals surface area (Å²) in [4.78, 5) is 6.93. The molecule has 2 heterocycles. The van der Waals surface area contributed by atoms with E-state index in [1.165, 1.54) is 0 Å². The van der Waals surface area contributed by atoms with Crippen LogP contribution in [0, 0.1) is 0 Å². The molecule has 0 fully saturated rings. The molecule has 0 spiro atoms. The smallest absolute Gasteiger partial charge is 0.123 e. The number of hydrogen-bond acceptors (Lipinski definition) is 3. The molecule has 0 aliphatic rings. The standard InChI is InChI=1S/C13H12ClN5/c14-11-1-3-12(4-2-11)19-8-10(6-18-19)5-16-13-7-15-9-17-13/h1-4,6-9,16H,5H2,(H,15,17). The van der Waals surface area contributed by atoms with E-state index in [2.05, 4.69) is 20.4 Å². The number of imidazole rings is 1. The molecule has 2 aromatic heterocycles. The number of H-pyrrole nitrogens is 1. The second kappa shape index (κ2) is 5.16. The minimum absolute atomic E-state index is 0.690. The Bertz CT molecular complexity index is 642. The van der Waals surface area contributed by atoms with Crippen molar-refractivity contribution >= 4 is 17.4 Å². The molecule has 0 saturated heterocycles. The molecule has 0 unspecified atom stereocenters. The summed E-state index contributed by atoms with van der Waals surface area (Å²) in [6.07, 6.45) is 7.19. The lowest BCUT2D eigenvalue weighted by atomic mass is 10.3. The van der Waals surface area contributed by atoms with E-state index < -0.39 is 0 Å². The summed E-state index contributed by atoms with van der Waals surface area (Å²) in [5, 5.41) is 8.27. The Morgan fingerprint density at radius 1 is 1.21 bits per heavy atom. The SMILES string of the molecule is Clc1ccc(-n2cc(CNc3cnc[nH]3)cn2)cc1. The number of aromatic amines is 1. The van der Waals surface area contributed by atoms with Gasteiger partial charge in [0.15, 0.2) is 0 Å². The van der Waals surface area contributed by atoms with Crippen LogP contribution in [-0.4, -0.2) is 19.7 Å². The summed E-state index contributed by atoms with van der Waals surface area (Å²) < 4.78 is 1.82. The average molecular weight is 274 g/mol. The van der Waals surface area contributed by atoms with E-state index >= 15 is 0 Å². The number of halogens is 1. The minimum atomic E-state index is 0.690. The fourth-order valence-electron chi connectivity index (χ4n) is 1.74. The van der Waals surface area contributed by atoms with Gasteiger partial charge in [0.25, 0.3) is 0 Å². The van der Waals surface area contributed by atoms with E-state index in [1.54, 1.807) is 12.5 Å². The first-order valence-electron chi connectivity index (χ1n) is 5.83. The topological polar surface area (TPSA) is 58.5 Å². The Kier molecular flexibility index (Phi) is 3.20. The van der Waals surface area contributed by atoms with Gasteiger partial charge in [-0.25, -0.2) is 9.67 Å². The number of rotatable bonds is 4. The highest BCUT2D eigenvalue weighted by Crippen LogP contribution is 2.13. The van der Waals surface area contributed by atoms with Crippen molar-refractivity contribution in [3.63, 3.8) is 0 Å². The van der Waals surface area contributed by atoms with Crippen LogP contribution in [0.1, 0.15) is 5.56 Å². The molecular formula is C13H12ClN5. The lowest BCUT2D eigenvalue weighted by molar-refractivity contribution is 0.880. The molecular weight excluding hydrogens is 262 g/mol. The quantitative estimate of drug-likeness (QED) is 0.768. The van der Waals surface area contributed by atoms with E-state index in [0.717, 1.165) is 22.1 Å². The van der Waals surface area contributed by atoms with Crippen molar-refractivity contribution in [1.82, 2.24) is 19.7 Å². The van der Waals surface area contributed by atoms with Crippen molar-refractivity contribution in [2.75, 3.05) is 5.32 Å². The van der Waals surface area contributed by atoms with Crippen LogP contribution in [-0.2, 0) is 6.54 Å². The highest BCUT2D eigenvalue weighted by Gasteiger charge is 2.01. The van der Waals surface area contributed by atoms with Gasteiger partial charge in [-0.2, -0.15) is 5.10 Å². The van der Waals surface area contributed by atoms with Gasteiger partial charge in [-0.05, 0) is 24.3 Å². The molecule has 1 aromatic carbocycles. The van der Waals surface area contributed by atoms with Crippen molar-refractivity contribution in [1.29, 1.82) is 0 Å². The Morgan fingerprint density at radius 3 is 2.79 bits per heavy atom. The zero-order chi connectivity index (χ0) is 13.1. The second-order valence-corrected chi connectivity index (χ2v) is 4.52. The van der Waals surface area contributed by atoms with Crippen molar-refractivity contribution in [3.05, 3.63) is 59.8 Å². The minimum Gasteiger partial charge on any atom is -0.366 e. The number of anilines is 1. The van der Waals surface area contributed by atoms with Gasteiger partial charge in [-0.1, -0.05) is 11.6 Å². The zero-order valence-electron chi connectivity index (χ0n) is 10.0. The molecule has 19 heavy (non-hydrogen) atoms. The van der Waals surface area contributed by atoms with Crippen LogP contribution in [0.2, 0.25) is 5.02 Å². The summed E-state index contributed by atoms with van der Waals surface area (Å²) in [5.74, 6) is 0.888. The van der Waals surface area contributed by atoms with Crippen LogP contribution in [0.5, 0.6) is 0 Å². The Labute approximate surface area is 115 Å². The van der Waals surface area contributed by atoms with Gasteiger partial charge in [0, 0.05) is 23.3 Å². The van der Waals surface area contributed by atoms with E-state index in [0.29, 0.717) is 6.54 Å². The van der Waals surface area contributed by atoms with E-state index in [1.807, 2.05) is 41.3 Å². The van der Waals surface area contributed by atoms with Crippen molar-refractivity contribution in [2.45, 2.75) is 6.54 Å². The molecule has 0 amide bonds. The zero-order valence-corrected chi connectivity index (χ0v) is 10.8. The van der Waals surface area contributed by atoms with Gasteiger partial charge in [-0.15, -0.1) is 0 Å². The molecule has 0 bridgehead atoms. The van der Waals surface area contributed by atoms with E-state index in [9.17, 15) is 0 Å². The summed E-state index contributed by atoms with van der Waals surface area (Å²) in [6.45, 7) is 0.690. The predicted octanol–water partition coefficient (Wildman–Crippen LogP) is 2.86. The van der Waals surface area contributed by atoms with Gasteiger partial charge in [0.05, 0.1) is 24.4 Å². The predicted molar refractivity (Wildman–Crippen MR) is 74.5 cm³/mol. The average Bonchev–Trinajstić information content (AvgIpc) is 3.09. The third kappa shape index (κ3) is 2.77. The molecule has 96 valence electrons. The van der Waals surface area contributed by atoms with Gasteiger partial charge < -0.3 is 10.3 Å². The molecule has 0 atom stereocenters. The highest BCUT2D eigenvalue weighted by atomic mass is 35.5. The molecule has 5 nitrogen and oxygen atoms in total. The number of hydrogen-bond donors (Lipinski definition) is 2. The number of nitrogens with zero attached hydrogens (tertiary/aromatic N) is 3. The molecule has 2 N–H and O–H groups in total. The molecule has 3 aromatic rings. The fourth-order valence-corrected chi connectivity index (χ4v) is 1.86. The van der Waals surface area contributed by atoms with Crippen LogP contribution < -0.4 is 5.32 Å². The first-order chi connectivity index (χ1) is 9.31. The van der Waals surface area contributed by atoms with Gasteiger partial charge in [0.2, 0.25) is 0 Å². The van der Waals surface area contributed by atoms with Gasteiger partial charge in [0.1, 0.15) is 5.82 Å². The van der Waals surface area contributed by atoms with Crippen molar-refractivity contribution in [2.24, 2.45) is 0 Å². The Hall–Kier alpha value is -2.27. The lowest BCUT2D eigenvalue weighted by Crippen LogP contribution is -1.98. The van der Waals surface area contributed by atoms with Gasteiger partial charge >= 0.3 is 0 Å². The number of nitrogens with one attached hydrogen (secondary N) is 2. The van der Waals surface area contributed by atoms with Crippen molar-refractivity contribution < 1.29 is 0 Å². The van der Waals surface area contributed by atoms with Crippen LogP contribution in [0.15, 0.2) is 49.2 Å². The molecule has 3 rings (SSSR count). The molecule has 6 heteroatoms. The Morgan fingerprint density at radius 2 is 2.05 bits per heavy atom. The maximum atomic E-state index is 5.86. The maximum Gasteiger partial charge on any atom is 0.123 e. The van der Waals surface area contributed by atoms with E-state index in [4.69, 9.17) is 11.6 Å². The monoisotopic (exact) mass is 273 g/mol. The number of benzene rings is 1. The van der Waals surface area contributed by atoms with Crippen LogP contribution >= 0.6 is 11.6 Å². The van der Waals surface area contributed by atoms with Gasteiger partial charge in [-0.3, -0.25) is 0 Å². The molecule has 0 radical (unpaired) electrons. The lowest BCUT2D eigenvalue weighted by Gasteiger charge is -2.01. The van der Waals surface area contributed by atoms with Crippen LogP contribution in [0.4, 0.5) is 5.82 Å². The largest absolute Gasteiger partial charge is 0.366 e. The fraction of sp³-hybridized carbons (Fsp3) is 0.0769. The summed E-state index contributed by atoms with van der Waals surface area (Å²) in [7, 11) is 0. The van der Waals surface area contributed by atoms with E-state index in [-0.39, 0.29) is 0 Å². The Balaban J connectivity index is 1.70. The van der Waals surface area contributed by atoms with Crippen molar-refractivity contribution in [3.8, 4) is 5.69 Å². The third-order valence-electron chi connectivity index (χ3n) is 2.71. The number of aromatic nitrogens is 4. The first kappa shape index (κ1) is 11.8. The molecule has 0 aliphatic carbocycles.